The van der Waals surface area contributed by atoms with Crippen molar-refractivity contribution in [1.29, 1.82) is 0 Å². The predicted molar refractivity (Wildman–Crippen MR) is 72.5 cm³/mol. The molecule has 104 valence electrons. The molecule has 1 saturated heterocycles. The Kier molecular flexibility index (Phi) is 7.64. The predicted octanol–water partition coefficient (Wildman–Crippen LogP) is -0.0110. The molecule has 0 aromatic heterocycles. The van der Waals surface area contributed by atoms with E-state index in [2.05, 4.69) is 22.1 Å². The van der Waals surface area contributed by atoms with Gasteiger partial charge in [0.1, 0.15) is 0 Å². The summed E-state index contributed by atoms with van der Waals surface area (Å²) in [5, 5.41) is 6.25. The first-order chi connectivity index (χ1) is 8.76. The van der Waals surface area contributed by atoms with Crippen molar-refractivity contribution in [3.63, 3.8) is 0 Å². The largest absolute Gasteiger partial charge is 0.383 e. The average Bonchev–Trinajstić information content (AvgIpc) is 2.86. The third-order valence-corrected chi connectivity index (χ3v) is 3.06. The molecule has 5 nitrogen and oxygen atoms in total. The highest BCUT2D eigenvalue weighted by atomic mass is 16.5. The molecule has 1 amide bonds. The van der Waals surface area contributed by atoms with Crippen LogP contribution in [0.1, 0.15) is 12.8 Å². The van der Waals surface area contributed by atoms with Gasteiger partial charge in [0, 0.05) is 32.8 Å². The molecule has 0 aromatic rings. The van der Waals surface area contributed by atoms with Crippen LogP contribution in [0.5, 0.6) is 0 Å². The molecule has 5 heteroatoms. The summed E-state index contributed by atoms with van der Waals surface area (Å²) in [6.45, 7) is 7.98. The van der Waals surface area contributed by atoms with E-state index in [1.807, 2.05) is 0 Å². The minimum absolute atomic E-state index is 0.0454. The maximum Gasteiger partial charge on any atom is 0.234 e. The zero-order valence-corrected chi connectivity index (χ0v) is 11.3. The number of hydrogen-bond acceptors (Lipinski definition) is 4. The molecule has 1 heterocycles. The van der Waals surface area contributed by atoms with Crippen LogP contribution >= 0.6 is 0 Å². The van der Waals surface area contributed by atoms with Gasteiger partial charge in [0.05, 0.1) is 13.2 Å². The van der Waals surface area contributed by atoms with E-state index in [9.17, 15) is 4.79 Å². The third-order valence-electron chi connectivity index (χ3n) is 3.06. The van der Waals surface area contributed by atoms with Gasteiger partial charge in [-0.3, -0.25) is 9.69 Å². The zero-order chi connectivity index (χ0) is 13.2. The van der Waals surface area contributed by atoms with Crippen LogP contribution in [0.2, 0.25) is 0 Å². The summed E-state index contributed by atoms with van der Waals surface area (Å²) in [6.07, 6.45) is 4.11. The van der Waals surface area contributed by atoms with Gasteiger partial charge in [-0.05, 0) is 19.4 Å². The van der Waals surface area contributed by atoms with Crippen LogP contribution in [-0.2, 0) is 9.53 Å². The molecule has 1 aliphatic rings. The van der Waals surface area contributed by atoms with E-state index in [1.54, 1.807) is 13.2 Å². The van der Waals surface area contributed by atoms with E-state index in [1.165, 1.54) is 12.8 Å². The van der Waals surface area contributed by atoms with Gasteiger partial charge in [-0.1, -0.05) is 6.08 Å². The smallest absolute Gasteiger partial charge is 0.234 e. The van der Waals surface area contributed by atoms with E-state index in [4.69, 9.17) is 4.74 Å². The lowest BCUT2D eigenvalue weighted by Gasteiger charge is -2.24. The van der Waals surface area contributed by atoms with E-state index in [-0.39, 0.29) is 5.91 Å². The fraction of sp³-hybridized carbons (Fsp3) is 0.769. The van der Waals surface area contributed by atoms with Crippen molar-refractivity contribution in [2.24, 2.45) is 0 Å². The molecule has 0 saturated carbocycles. The number of hydrogen-bond donors (Lipinski definition) is 2. The normalized spacial score (nSPS) is 19.1. The first kappa shape index (κ1) is 15.1. The average molecular weight is 255 g/mol. The van der Waals surface area contributed by atoms with Crippen LogP contribution in [0.15, 0.2) is 12.7 Å². The molecule has 0 aliphatic carbocycles. The van der Waals surface area contributed by atoms with Gasteiger partial charge >= 0.3 is 0 Å². The van der Waals surface area contributed by atoms with Gasteiger partial charge < -0.3 is 15.4 Å². The highest BCUT2D eigenvalue weighted by molar-refractivity contribution is 5.78. The van der Waals surface area contributed by atoms with Crippen molar-refractivity contribution >= 4 is 5.91 Å². The van der Waals surface area contributed by atoms with Crippen LogP contribution in [0, 0.1) is 0 Å². The van der Waals surface area contributed by atoms with Crippen molar-refractivity contribution in [2.45, 2.75) is 18.9 Å². The second-order valence-corrected chi connectivity index (χ2v) is 4.61. The van der Waals surface area contributed by atoms with Crippen molar-refractivity contribution in [2.75, 3.05) is 46.4 Å². The van der Waals surface area contributed by atoms with Crippen molar-refractivity contribution < 1.29 is 9.53 Å². The summed E-state index contributed by atoms with van der Waals surface area (Å²) in [7, 11) is 1.68. The Labute approximate surface area is 110 Å². The summed E-state index contributed by atoms with van der Waals surface area (Å²) in [5.41, 5.74) is 0. The fourth-order valence-corrected chi connectivity index (χ4v) is 2.12. The second kappa shape index (κ2) is 9.08. The van der Waals surface area contributed by atoms with Gasteiger partial charge in [0.25, 0.3) is 0 Å². The highest BCUT2D eigenvalue weighted by Crippen LogP contribution is 2.06. The molecule has 0 radical (unpaired) electrons. The van der Waals surface area contributed by atoms with Crippen LogP contribution in [0.3, 0.4) is 0 Å². The Balaban J connectivity index is 2.33. The zero-order valence-electron chi connectivity index (χ0n) is 11.3. The Hall–Kier alpha value is -0.910. The molecule has 1 fully saturated rings. The first-order valence-electron chi connectivity index (χ1n) is 6.58. The standard InChI is InChI=1S/C13H25N3O2/c1-3-6-15-13(17)11-16(8-9-18-2)10-12-5-4-7-14-12/h3,12,14H,1,4-11H2,2H3,(H,15,17). The highest BCUT2D eigenvalue weighted by Gasteiger charge is 2.19. The number of ether oxygens (including phenoxy) is 1. The Bertz CT molecular complexity index is 253. The van der Waals surface area contributed by atoms with E-state index in [0.29, 0.717) is 25.7 Å². The first-order valence-corrected chi connectivity index (χ1v) is 6.58. The number of rotatable bonds is 9. The molecule has 0 aromatic carbocycles. The van der Waals surface area contributed by atoms with Crippen LogP contribution in [0.4, 0.5) is 0 Å². The summed E-state index contributed by atoms with van der Waals surface area (Å²) in [5.74, 6) is 0.0454. The molecule has 0 spiro atoms. The van der Waals surface area contributed by atoms with Crippen LogP contribution in [0.25, 0.3) is 0 Å². The number of amides is 1. The lowest BCUT2D eigenvalue weighted by atomic mass is 10.2. The number of nitrogens with zero attached hydrogens (tertiary/aromatic N) is 1. The topological polar surface area (TPSA) is 53.6 Å². The van der Waals surface area contributed by atoms with Crippen LogP contribution in [-0.4, -0.2) is 63.3 Å². The summed E-state index contributed by atoms with van der Waals surface area (Å²) < 4.78 is 5.09. The maximum absolute atomic E-state index is 11.7. The van der Waals surface area contributed by atoms with Crippen LogP contribution < -0.4 is 10.6 Å². The molecule has 1 atom stereocenters. The molecule has 1 unspecified atom stereocenters. The van der Waals surface area contributed by atoms with E-state index < -0.39 is 0 Å². The Morgan fingerprint density at radius 3 is 3.11 bits per heavy atom. The molecule has 2 N–H and O–H groups in total. The van der Waals surface area contributed by atoms with Crippen molar-refractivity contribution in [3.8, 4) is 0 Å². The number of carbonyl (C=O) groups excluding carboxylic acids is 1. The summed E-state index contributed by atoms with van der Waals surface area (Å²) in [6, 6.07) is 0.508. The summed E-state index contributed by atoms with van der Waals surface area (Å²) >= 11 is 0. The maximum atomic E-state index is 11.7. The minimum Gasteiger partial charge on any atom is -0.383 e. The SMILES string of the molecule is C=CCNC(=O)CN(CCOC)CC1CCCN1. The van der Waals surface area contributed by atoms with E-state index in [0.717, 1.165) is 19.6 Å². The Morgan fingerprint density at radius 1 is 1.67 bits per heavy atom. The molecule has 18 heavy (non-hydrogen) atoms. The molecule has 0 bridgehead atoms. The Morgan fingerprint density at radius 2 is 2.50 bits per heavy atom. The summed E-state index contributed by atoms with van der Waals surface area (Å²) in [4.78, 5) is 13.8. The number of methoxy groups -OCH3 is 1. The van der Waals surface area contributed by atoms with Gasteiger partial charge in [-0.2, -0.15) is 0 Å². The second-order valence-electron chi connectivity index (χ2n) is 4.61. The van der Waals surface area contributed by atoms with Crippen molar-refractivity contribution in [1.82, 2.24) is 15.5 Å². The van der Waals surface area contributed by atoms with Gasteiger partial charge in [0.15, 0.2) is 0 Å². The monoisotopic (exact) mass is 255 g/mol. The number of nitrogens with one attached hydrogen (secondary N) is 2. The minimum atomic E-state index is 0.0454. The lowest BCUT2D eigenvalue weighted by molar-refractivity contribution is -0.122. The molecule has 1 aliphatic heterocycles. The third kappa shape index (κ3) is 6.14. The fourth-order valence-electron chi connectivity index (χ4n) is 2.12. The van der Waals surface area contributed by atoms with Crippen molar-refractivity contribution in [3.05, 3.63) is 12.7 Å². The number of carbonyl (C=O) groups is 1. The molecular weight excluding hydrogens is 230 g/mol. The lowest BCUT2D eigenvalue weighted by Crippen LogP contribution is -2.44. The molecule has 1 rings (SSSR count). The van der Waals surface area contributed by atoms with Gasteiger partial charge in [-0.25, -0.2) is 0 Å². The molecular formula is C13H25N3O2. The quantitative estimate of drug-likeness (QED) is 0.569. The van der Waals surface area contributed by atoms with Gasteiger partial charge in [-0.15, -0.1) is 6.58 Å². The van der Waals surface area contributed by atoms with E-state index >= 15 is 0 Å². The van der Waals surface area contributed by atoms with Gasteiger partial charge in [0.2, 0.25) is 5.91 Å².